The summed E-state index contributed by atoms with van der Waals surface area (Å²) in [5.41, 5.74) is 2.00. The van der Waals surface area contributed by atoms with Gasteiger partial charge in [-0.1, -0.05) is 41.9 Å². The predicted octanol–water partition coefficient (Wildman–Crippen LogP) is 3.62. The van der Waals surface area contributed by atoms with Gasteiger partial charge in [0.25, 0.3) is 5.56 Å². The molecule has 2 aromatic carbocycles. The monoisotopic (exact) mass is 439 g/mol. The van der Waals surface area contributed by atoms with Crippen molar-refractivity contribution < 1.29 is 9.13 Å². The van der Waals surface area contributed by atoms with E-state index >= 15 is 0 Å². The smallest absolute Gasteiger partial charge is 0.331 e. The van der Waals surface area contributed by atoms with Gasteiger partial charge in [-0.05, 0) is 23.8 Å². The minimum absolute atomic E-state index is 0.335. The van der Waals surface area contributed by atoms with Gasteiger partial charge in [0.15, 0.2) is 0 Å². The van der Waals surface area contributed by atoms with Gasteiger partial charge in [0.1, 0.15) is 11.9 Å². The highest BCUT2D eigenvalue weighted by Gasteiger charge is 2.34. The lowest BCUT2D eigenvalue weighted by molar-refractivity contribution is 0.0457. The topological polar surface area (TPSA) is 58.2 Å². The zero-order valence-electron chi connectivity index (χ0n) is 16.9. The summed E-state index contributed by atoms with van der Waals surface area (Å²) in [6.07, 6.45) is -0.754. The minimum Gasteiger partial charge on any atom is -0.365 e. The molecule has 4 aromatic rings. The first-order chi connectivity index (χ1) is 14.9. The van der Waals surface area contributed by atoms with Crippen molar-refractivity contribution in [1.82, 2.24) is 13.7 Å². The Morgan fingerprint density at radius 3 is 2.45 bits per heavy atom. The standard InChI is InChI=1S/C23H19ClFN3O3/c1-26-19-17(22(29)27(2)23(26)30)18(13-7-9-14(24)10-8-13)28-11-12-31-21(20(19)28)15-5-3-4-6-16(15)25/h3-10,21H,11-12H2,1-2H3. The van der Waals surface area contributed by atoms with Crippen molar-refractivity contribution >= 4 is 22.5 Å². The molecule has 0 bridgehead atoms. The molecule has 0 spiro atoms. The van der Waals surface area contributed by atoms with Crippen LogP contribution in [0.15, 0.2) is 58.1 Å². The average Bonchev–Trinajstić information content (AvgIpc) is 3.13. The van der Waals surface area contributed by atoms with Crippen molar-refractivity contribution in [2.24, 2.45) is 14.1 Å². The van der Waals surface area contributed by atoms with E-state index in [0.717, 1.165) is 10.1 Å². The van der Waals surface area contributed by atoms with Gasteiger partial charge in [0, 0.05) is 31.2 Å². The Morgan fingerprint density at radius 2 is 1.74 bits per heavy atom. The fraction of sp³-hybridized carbons (Fsp3) is 0.217. The molecule has 0 aliphatic carbocycles. The first kappa shape index (κ1) is 19.8. The number of rotatable bonds is 2. The van der Waals surface area contributed by atoms with Crippen molar-refractivity contribution in [3.63, 3.8) is 0 Å². The summed E-state index contributed by atoms with van der Waals surface area (Å²) in [4.78, 5) is 26.1. The first-order valence-corrected chi connectivity index (χ1v) is 10.2. The molecule has 0 amide bonds. The lowest BCUT2D eigenvalue weighted by Gasteiger charge is -2.28. The molecule has 0 saturated carbocycles. The van der Waals surface area contributed by atoms with E-state index in [1.165, 1.54) is 17.7 Å². The average molecular weight is 440 g/mol. The number of benzene rings is 2. The quantitative estimate of drug-likeness (QED) is 0.479. The highest BCUT2D eigenvalue weighted by atomic mass is 35.5. The molecule has 0 fully saturated rings. The van der Waals surface area contributed by atoms with Gasteiger partial charge >= 0.3 is 5.69 Å². The largest absolute Gasteiger partial charge is 0.365 e. The maximum absolute atomic E-state index is 14.7. The van der Waals surface area contributed by atoms with E-state index < -0.39 is 23.2 Å². The number of fused-ring (bicyclic) bond motifs is 3. The van der Waals surface area contributed by atoms with Gasteiger partial charge in [-0.2, -0.15) is 0 Å². The summed E-state index contributed by atoms with van der Waals surface area (Å²) in [6.45, 7) is 0.798. The number of aromatic nitrogens is 3. The van der Waals surface area contributed by atoms with Crippen LogP contribution < -0.4 is 11.2 Å². The summed E-state index contributed by atoms with van der Waals surface area (Å²) < 4.78 is 25.2. The summed E-state index contributed by atoms with van der Waals surface area (Å²) in [5.74, 6) is -0.405. The van der Waals surface area contributed by atoms with Crippen LogP contribution in [0.4, 0.5) is 4.39 Å². The molecule has 6 nitrogen and oxygen atoms in total. The number of hydrogen-bond donors (Lipinski definition) is 0. The number of hydrogen-bond acceptors (Lipinski definition) is 3. The molecular weight excluding hydrogens is 421 g/mol. The lowest BCUT2D eigenvalue weighted by atomic mass is 10.0. The second-order valence-electron chi connectivity index (χ2n) is 7.59. The van der Waals surface area contributed by atoms with Crippen molar-refractivity contribution in [3.8, 4) is 11.3 Å². The molecule has 31 heavy (non-hydrogen) atoms. The Morgan fingerprint density at radius 1 is 1.03 bits per heavy atom. The first-order valence-electron chi connectivity index (χ1n) is 9.84. The molecule has 1 atom stereocenters. The van der Waals surface area contributed by atoms with Gasteiger partial charge in [-0.25, -0.2) is 9.18 Å². The van der Waals surface area contributed by atoms with Crippen LogP contribution >= 0.6 is 11.6 Å². The fourth-order valence-electron chi connectivity index (χ4n) is 4.41. The van der Waals surface area contributed by atoms with Crippen LogP contribution in [-0.2, 0) is 25.4 Å². The van der Waals surface area contributed by atoms with Gasteiger partial charge in [-0.15, -0.1) is 0 Å². The zero-order chi connectivity index (χ0) is 21.9. The van der Waals surface area contributed by atoms with Crippen molar-refractivity contribution in [2.75, 3.05) is 6.61 Å². The molecular formula is C23H19ClFN3O3. The second kappa shape index (κ2) is 7.21. The van der Waals surface area contributed by atoms with E-state index in [-0.39, 0.29) is 0 Å². The van der Waals surface area contributed by atoms with Gasteiger partial charge < -0.3 is 9.30 Å². The summed E-state index contributed by atoms with van der Waals surface area (Å²) in [7, 11) is 3.07. The van der Waals surface area contributed by atoms with E-state index in [9.17, 15) is 14.0 Å². The zero-order valence-corrected chi connectivity index (χ0v) is 17.7. The van der Waals surface area contributed by atoms with E-state index in [1.54, 1.807) is 37.4 Å². The molecule has 3 heterocycles. The summed E-state index contributed by atoms with van der Waals surface area (Å²) >= 11 is 6.08. The van der Waals surface area contributed by atoms with Crippen molar-refractivity contribution in [2.45, 2.75) is 12.6 Å². The van der Waals surface area contributed by atoms with E-state index in [2.05, 4.69) is 0 Å². The van der Waals surface area contributed by atoms with E-state index in [0.29, 0.717) is 46.0 Å². The number of ether oxygens (including phenoxy) is 1. The van der Waals surface area contributed by atoms with Crippen LogP contribution in [0.1, 0.15) is 17.4 Å². The maximum Gasteiger partial charge on any atom is 0.331 e. The molecule has 8 heteroatoms. The number of nitrogens with zero attached hydrogens (tertiary/aromatic N) is 3. The van der Waals surface area contributed by atoms with Crippen molar-refractivity contribution in [1.29, 1.82) is 0 Å². The normalized spacial score (nSPS) is 15.9. The third-order valence-corrected chi connectivity index (χ3v) is 6.11. The highest BCUT2D eigenvalue weighted by molar-refractivity contribution is 6.30. The van der Waals surface area contributed by atoms with Crippen LogP contribution in [0, 0.1) is 5.82 Å². The SMILES string of the molecule is Cn1c(=O)c2c(-c3ccc(Cl)cc3)n3c(c2n(C)c1=O)C(c1ccccc1F)OCC3. The Bertz CT molecular complexity index is 1450. The van der Waals surface area contributed by atoms with Gasteiger partial charge in [-0.3, -0.25) is 13.9 Å². The van der Waals surface area contributed by atoms with Crippen LogP contribution in [0.5, 0.6) is 0 Å². The minimum atomic E-state index is -0.754. The third kappa shape index (κ3) is 2.88. The Balaban J connectivity index is 1.96. The molecule has 1 unspecified atom stereocenters. The Labute approximate surface area is 181 Å². The van der Waals surface area contributed by atoms with Crippen LogP contribution in [-0.4, -0.2) is 20.3 Å². The maximum atomic E-state index is 14.7. The summed E-state index contributed by atoms with van der Waals surface area (Å²) in [6, 6.07) is 13.6. The van der Waals surface area contributed by atoms with Crippen LogP contribution in [0.2, 0.25) is 5.02 Å². The van der Waals surface area contributed by atoms with Crippen molar-refractivity contribution in [3.05, 3.63) is 91.5 Å². The van der Waals surface area contributed by atoms with Gasteiger partial charge in [0.2, 0.25) is 0 Å². The lowest BCUT2D eigenvalue weighted by Crippen LogP contribution is -2.37. The van der Waals surface area contributed by atoms with Crippen LogP contribution in [0.3, 0.4) is 0 Å². The summed E-state index contributed by atoms with van der Waals surface area (Å²) in [5, 5.41) is 0.972. The second-order valence-corrected chi connectivity index (χ2v) is 8.03. The molecule has 5 rings (SSSR count). The molecule has 1 aliphatic rings. The number of halogens is 2. The van der Waals surface area contributed by atoms with Gasteiger partial charge in [0.05, 0.1) is 28.9 Å². The van der Waals surface area contributed by atoms with Crippen LogP contribution in [0.25, 0.3) is 22.2 Å². The molecule has 1 aliphatic heterocycles. The fourth-order valence-corrected chi connectivity index (χ4v) is 4.54. The molecule has 0 N–H and O–H groups in total. The van der Waals surface area contributed by atoms with E-state index in [1.807, 2.05) is 16.7 Å². The highest BCUT2D eigenvalue weighted by Crippen LogP contribution is 2.41. The molecule has 2 aromatic heterocycles. The molecule has 158 valence electrons. The number of aryl methyl sites for hydroxylation is 1. The molecule has 0 saturated heterocycles. The molecule has 0 radical (unpaired) electrons. The Kier molecular flexibility index (Phi) is 4.60. The predicted molar refractivity (Wildman–Crippen MR) is 117 cm³/mol. The third-order valence-electron chi connectivity index (χ3n) is 5.86. The van der Waals surface area contributed by atoms with E-state index in [4.69, 9.17) is 16.3 Å². The Hall–Kier alpha value is -3.16.